The molecule has 0 saturated carbocycles. The van der Waals surface area contributed by atoms with Gasteiger partial charge in [-0.2, -0.15) is 0 Å². The Kier molecular flexibility index (Phi) is 3.72. The van der Waals surface area contributed by atoms with Crippen LogP contribution in [-0.2, 0) is 19.4 Å². The van der Waals surface area contributed by atoms with Crippen LogP contribution < -0.4 is 4.90 Å². The summed E-state index contributed by atoms with van der Waals surface area (Å²) < 4.78 is 0. The summed E-state index contributed by atoms with van der Waals surface area (Å²) in [6, 6.07) is 13.1. The van der Waals surface area contributed by atoms with Crippen LogP contribution in [0.1, 0.15) is 35.3 Å². The lowest BCUT2D eigenvalue weighted by atomic mass is 9.99. The summed E-state index contributed by atoms with van der Waals surface area (Å²) in [7, 11) is 0. The molecule has 3 heteroatoms. The van der Waals surface area contributed by atoms with Crippen molar-refractivity contribution in [2.24, 2.45) is 0 Å². The predicted molar refractivity (Wildman–Crippen MR) is 99.6 cm³/mol. The highest BCUT2D eigenvalue weighted by Gasteiger charge is 2.22. The number of benzene rings is 2. The molecule has 1 aliphatic heterocycles. The number of fused-ring (bicyclic) bond motifs is 2. The standard InChI is InChI=1S/C21H23N3/c1-4-20-22-15(3)17-11-12-24(13-18(17)23-20)19-10-6-9-16-8-5-7-14(2)21(16)19/h5-10H,4,11-13H2,1-3H3. The third-order valence-electron chi connectivity index (χ3n) is 5.07. The van der Waals surface area contributed by atoms with Gasteiger partial charge in [0.1, 0.15) is 5.82 Å². The number of aromatic nitrogens is 2. The first-order valence-electron chi connectivity index (χ1n) is 8.76. The maximum atomic E-state index is 4.82. The summed E-state index contributed by atoms with van der Waals surface area (Å²) >= 11 is 0. The number of aryl methyl sites for hydroxylation is 3. The van der Waals surface area contributed by atoms with Gasteiger partial charge in [0.25, 0.3) is 0 Å². The Hall–Kier alpha value is -2.42. The number of hydrogen-bond acceptors (Lipinski definition) is 3. The van der Waals surface area contributed by atoms with E-state index in [-0.39, 0.29) is 0 Å². The van der Waals surface area contributed by atoms with Crippen molar-refractivity contribution in [1.29, 1.82) is 0 Å². The second-order valence-electron chi connectivity index (χ2n) is 6.63. The zero-order valence-electron chi connectivity index (χ0n) is 14.6. The van der Waals surface area contributed by atoms with Crippen molar-refractivity contribution in [3.8, 4) is 0 Å². The zero-order valence-corrected chi connectivity index (χ0v) is 14.6. The summed E-state index contributed by atoms with van der Waals surface area (Å²) in [5, 5.41) is 2.68. The first-order valence-corrected chi connectivity index (χ1v) is 8.76. The SMILES string of the molecule is CCc1nc(C)c2c(n1)CN(c1cccc3cccc(C)c13)CC2. The number of hydrogen-bond donors (Lipinski definition) is 0. The van der Waals surface area contributed by atoms with Crippen molar-refractivity contribution in [1.82, 2.24) is 9.97 Å². The van der Waals surface area contributed by atoms with E-state index < -0.39 is 0 Å². The molecule has 0 aliphatic carbocycles. The summed E-state index contributed by atoms with van der Waals surface area (Å²) in [6.07, 6.45) is 1.91. The molecule has 0 unspecified atom stereocenters. The maximum Gasteiger partial charge on any atom is 0.128 e. The lowest BCUT2D eigenvalue weighted by Gasteiger charge is -2.32. The normalized spacial score (nSPS) is 14.0. The second kappa shape index (κ2) is 5.90. The van der Waals surface area contributed by atoms with E-state index in [4.69, 9.17) is 4.98 Å². The minimum atomic E-state index is 0.874. The Labute approximate surface area is 143 Å². The fourth-order valence-corrected chi connectivity index (χ4v) is 3.81. The Bertz CT molecular complexity index is 909. The van der Waals surface area contributed by atoms with Gasteiger partial charge in [0.2, 0.25) is 0 Å². The molecule has 0 saturated heterocycles. The lowest BCUT2D eigenvalue weighted by molar-refractivity contribution is 0.687. The van der Waals surface area contributed by atoms with Crippen molar-refractivity contribution in [3.63, 3.8) is 0 Å². The van der Waals surface area contributed by atoms with Gasteiger partial charge in [-0.05, 0) is 42.8 Å². The molecule has 0 fully saturated rings. The molecular weight excluding hydrogens is 294 g/mol. The molecule has 0 radical (unpaired) electrons. The highest BCUT2D eigenvalue weighted by Crippen LogP contribution is 2.33. The molecule has 0 N–H and O–H groups in total. The molecule has 0 bridgehead atoms. The van der Waals surface area contributed by atoms with E-state index in [9.17, 15) is 0 Å². The Morgan fingerprint density at radius 2 is 1.83 bits per heavy atom. The van der Waals surface area contributed by atoms with E-state index in [1.165, 1.54) is 33.3 Å². The van der Waals surface area contributed by atoms with Crippen LogP contribution in [0.15, 0.2) is 36.4 Å². The summed E-state index contributed by atoms with van der Waals surface area (Å²) in [4.78, 5) is 11.9. The molecular formula is C21H23N3. The minimum Gasteiger partial charge on any atom is -0.365 e. The topological polar surface area (TPSA) is 29.0 Å². The molecule has 24 heavy (non-hydrogen) atoms. The van der Waals surface area contributed by atoms with Gasteiger partial charge >= 0.3 is 0 Å². The zero-order chi connectivity index (χ0) is 16.7. The summed E-state index contributed by atoms with van der Waals surface area (Å²) in [5.41, 5.74) is 6.37. The van der Waals surface area contributed by atoms with Crippen molar-refractivity contribution >= 4 is 16.5 Å². The summed E-state index contributed by atoms with van der Waals surface area (Å²) in [5.74, 6) is 0.960. The third-order valence-corrected chi connectivity index (χ3v) is 5.07. The van der Waals surface area contributed by atoms with Gasteiger partial charge in [0.15, 0.2) is 0 Å². The number of rotatable bonds is 2. The van der Waals surface area contributed by atoms with Gasteiger partial charge in [-0.3, -0.25) is 0 Å². The van der Waals surface area contributed by atoms with Crippen molar-refractivity contribution < 1.29 is 0 Å². The van der Waals surface area contributed by atoms with Crippen LogP contribution in [0.5, 0.6) is 0 Å². The average molecular weight is 317 g/mol. The Morgan fingerprint density at radius 1 is 1.04 bits per heavy atom. The van der Waals surface area contributed by atoms with Crippen LogP contribution in [0.4, 0.5) is 5.69 Å². The predicted octanol–water partition coefficient (Wildman–Crippen LogP) is 4.37. The lowest BCUT2D eigenvalue weighted by Crippen LogP contribution is -2.32. The molecule has 0 spiro atoms. The fraction of sp³-hybridized carbons (Fsp3) is 0.333. The van der Waals surface area contributed by atoms with Crippen LogP contribution in [-0.4, -0.2) is 16.5 Å². The summed E-state index contributed by atoms with van der Waals surface area (Å²) in [6.45, 7) is 8.34. The molecule has 2 aromatic carbocycles. The highest BCUT2D eigenvalue weighted by atomic mass is 15.1. The number of nitrogens with zero attached hydrogens (tertiary/aromatic N) is 3. The van der Waals surface area contributed by atoms with Gasteiger partial charge in [-0.15, -0.1) is 0 Å². The van der Waals surface area contributed by atoms with Gasteiger partial charge < -0.3 is 4.90 Å². The molecule has 4 rings (SSSR count). The van der Waals surface area contributed by atoms with Gasteiger partial charge in [-0.25, -0.2) is 9.97 Å². The third kappa shape index (κ3) is 2.44. The van der Waals surface area contributed by atoms with Crippen LogP contribution in [0, 0.1) is 13.8 Å². The first kappa shape index (κ1) is 15.1. The van der Waals surface area contributed by atoms with E-state index in [1.54, 1.807) is 0 Å². The molecule has 2 heterocycles. The van der Waals surface area contributed by atoms with E-state index in [1.807, 2.05) is 0 Å². The molecule has 1 aliphatic rings. The molecule has 3 aromatic rings. The van der Waals surface area contributed by atoms with Gasteiger partial charge in [0.05, 0.1) is 12.2 Å². The molecule has 1 aromatic heterocycles. The van der Waals surface area contributed by atoms with Crippen molar-refractivity contribution in [3.05, 3.63) is 64.7 Å². The Morgan fingerprint density at radius 3 is 2.62 bits per heavy atom. The average Bonchev–Trinajstić information content (AvgIpc) is 2.61. The second-order valence-corrected chi connectivity index (χ2v) is 6.63. The molecule has 3 nitrogen and oxygen atoms in total. The quantitative estimate of drug-likeness (QED) is 0.703. The fourth-order valence-electron chi connectivity index (χ4n) is 3.81. The van der Waals surface area contributed by atoms with Crippen LogP contribution >= 0.6 is 0 Å². The molecule has 122 valence electrons. The maximum absolute atomic E-state index is 4.82. The minimum absolute atomic E-state index is 0.874. The monoisotopic (exact) mass is 317 g/mol. The van der Waals surface area contributed by atoms with E-state index in [0.29, 0.717) is 0 Å². The highest BCUT2D eigenvalue weighted by molar-refractivity contribution is 5.96. The van der Waals surface area contributed by atoms with Crippen molar-refractivity contribution in [2.75, 3.05) is 11.4 Å². The van der Waals surface area contributed by atoms with Crippen LogP contribution in [0.3, 0.4) is 0 Å². The van der Waals surface area contributed by atoms with Crippen molar-refractivity contribution in [2.45, 2.75) is 40.2 Å². The molecule has 0 amide bonds. The Balaban J connectivity index is 1.79. The van der Waals surface area contributed by atoms with E-state index in [2.05, 4.69) is 67.1 Å². The molecule has 0 atom stereocenters. The number of anilines is 1. The first-order chi connectivity index (χ1) is 11.7. The van der Waals surface area contributed by atoms with Crippen LogP contribution in [0.25, 0.3) is 10.8 Å². The van der Waals surface area contributed by atoms with E-state index >= 15 is 0 Å². The van der Waals surface area contributed by atoms with Gasteiger partial charge in [0, 0.05) is 29.7 Å². The largest absolute Gasteiger partial charge is 0.365 e. The van der Waals surface area contributed by atoms with E-state index in [0.717, 1.165) is 37.4 Å². The smallest absolute Gasteiger partial charge is 0.128 e. The van der Waals surface area contributed by atoms with Gasteiger partial charge in [-0.1, -0.05) is 37.3 Å². The van der Waals surface area contributed by atoms with Crippen LogP contribution in [0.2, 0.25) is 0 Å².